The molecule has 1 aromatic rings. The Balaban J connectivity index is 2.07. The lowest BCUT2D eigenvalue weighted by molar-refractivity contribution is 0.0914. The highest BCUT2D eigenvalue weighted by Gasteiger charge is 2.23. The predicted molar refractivity (Wildman–Crippen MR) is 75.6 cm³/mol. The van der Waals surface area contributed by atoms with Gasteiger partial charge in [0.05, 0.1) is 7.11 Å². The molecule has 1 amide bonds. The van der Waals surface area contributed by atoms with Crippen LogP contribution in [0.15, 0.2) is 18.2 Å². The van der Waals surface area contributed by atoms with Crippen LogP contribution >= 0.6 is 0 Å². The average molecular weight is 262 g/mol. The Hall–Kier alpha value is -1.55. The smallest absolute Gasteiger partial charge is 0.251 e. The Labute approximate surface area is 114 Å². The third-order valence-corrected chi connectivity index (χ3v) is 3.77. The summed E-state index contributed by atoms with van der Waals surface area (Å²) in [7, 11) is 1.62. The van der Waals surface area contributed by atoms with Crippen LogP contribution in [0.25, 0.3) is 0 Å². The molecule has 1 aromatic carbocycles. The zero-order valence-electron chi connectivity index (χ0n) is 11.8. The van der Waals surface area contributed by atoms with Gasteiger partial charge in [-0.1, -0.05) is 13.0 Å². The van der Waals surface area contributed by atoms with Gasteiger partial charge in [0, 0.05) is 11.6 Å². The summed E-state index contributed by atoms with van der Waals surface area (Å²) in [5, 5.41) is 6.45. The molecule has 2 atom stereocenters. The van der Waals surface area contributed by atoms with Crippen molar-refractivity contribution in [2.75, 3.05) is 20.2 Å². The molecule has 0 radical (unpaired) electrons. The van der Waals surface area contributed by atoms with Gasteiger partial charge in [0.15, 0.2) is 0 Å². The van der Waals surface area contributed by atoms with Crippen LogP contribution < -0.4 is 15.4 Å². The van der Waals surface area contributed by atoms with E-state index >= 15 is 0 Å². The van der Waals surface area contributed by atoms with Gasteiger partial charge in [-0.2, -0.15) is 0 Å². The molecule has 1 aliphatic heterocycles. The molecule has 104 valence electrons. The minimum atomic E-state index is -0.0166. The number of benzene rings is 1. The number of hydrogen-bond acceptors (Lipinski definition) is 3. The third-order valence-electron chi connectivity index (χ3n) is 3.77. The molecule has 2 rings (SSSR count). The molecule has 0 aromatic heterocycles. The highest BCUT2D eigenvalue weighted by molar-refractivity contribution is 5.94. The number of amides is 1. The largest absolute Gasteiger partial charge is 0.496 e. The number of nitrogens with one attached hydrogen (secondary N) is 2. The van der Waals surface area contributed by atoms with Gasteiger partial charge in [-0.3, -0.25) is 4.79 Å². The van der Waals surface area contributed by atoms with Gasteiger partial charge in [-0.15, -0.1) is 0 Å². The minimum absolute atomic E-state index is 0.0166. The topological polar surface area (TPSA) is 50.4 Å². The van der Waals surface area contributed by atoms with Gasteiger partial charge in [0.1, 0.15) is 5.75 Å². The van der Waals surface area contributed by atoms with Crippen LogP contribution in [0.5, 0.6) is 5.75 Å². The molecule has 4 heteroatoms. The molecule has 0 bridgehead atoms. The van der Waals surface area contributed by atoms with E-state index in [2.05, 4.69) is 17.6 Å². The molecule has 0 spiro atoms. The van der Waals surface area contributed by atoms with Gasteiger partial charge in [-0.05, 0) is 50.0 Å². The number of carbonyl (C=O) groups is 1. The SMILES string of the molecule is COc1cc(C(=O)NC2CCNCC2C)ccc1C. The molecular formula is C15H22N2O2. The van der Waals surface area contributed by atoms with Gasteiger partial charge in [0.25, 0.3) is 5.91 Å². The number of ether oxygens (including phenoxy) is 1. The number of aryl methyl sites for hydroxylation is 1. The maximum absolute atomic E-state index is 12.3. The lowest BCUT2D eigenvalue weighted by Gasteiger charge is -2.30. The van der Waals surface area contributed by atoms with Crippen molar-refractivity contribution in [2.45, 2.75) is 26.3 Å². The highest BCUT2D eigenvalue weighted by atomic mass is 16.5. The van der Waals surface area contributed by atoms with E-state index in [1.165, 1.54) is 0 Å². The van der Waals surface area contributed by atoms with E-state index in [0.29, 0.717) is 11.5 Å². The summed E-state index contributed by atoms with van der Waals surface area (Å²) in [6.07, 6.45) is 0.982. The summed E-state index contributed by atoms with van der Waals surface area (Å²) < 4.78 is 5.26. The fourth-order valence-electron chi connectivity index (χ4n) is 2.44. The summed E-state index contributed by atoms with van der Waals surface area (Å²) in [4.78, 5) is 12.3. The first kappa shape index (κ1) is 13.9. The molecule has 1 aliphatic rings. The molecule has 1 heterocycles. The summed E-state index contributed by atoms with van der Waals surface area (Å²) in [5.41, 5.74) is 1.70. The minimum Gasteiger partial charge on any atom is -0.496 e. The van der Waals surface area contributed by atoms with Crippen LogP contribution in [-0.4, -0.2) is 32.1 Å². The van der Waals surface area contributed by atoms with E-state index in [1.54, 1.807) is 13.2 Å². The first-order valence-corrected chi connectivity index (χ1v) is 6.78. The van der Waals surface area contributed by atoms with E-state index in [-0.39, 0.29) is 11.9 Å². The van der Waals surface area contributed by atoms with Crippen molar-refractivity contribution in [1.82, 2.24) is 10.6 Å². The van der Waals surface area contributed by atoms with Crippen LogP contribution in [0.3, 0.4) is 0 Å². The van der Waals surface area contributed by atoms with Crippen molar-refractivity contribution in [3.05, 3.63) is 29.3 Å². The monoisotopic (exact) mass is 262 g/mol. The van der Waals surface area contributed by atoms with Crippen LogP contribution in [0, 0.1) is 12.8 Å². The quantitative estimate of drug-likeness (QED) is 0.872. The van der Waals surface area contributed by atoms with E-state index < -0.39 is 0 Å². The zero-order valence-corrected chi connectivity index (χ0v) is 11.8. The first-order valence-electron chi connectivity index (χ1n) is 6.78. The van der Waals surface area contributed by atoms with Crippen LogP contribution in [-0.2, 0) is 0 Å². The Morgan fingerprint density at radius 1 is 1.47 bits per heavy atom. The number of methoxy groups -OCH3 is 1. The lowest BCUT2D eigenvalue weighted by Crippen LogP contribution is -2.48. The molecule has 2 N–H and O–H groups in total. The molecule has 0 aliphatic carbocycles. The fraction of sp³-hybridized carbons (Fsp3) is 0.533. The van der Waals surface area contributed by atoms with Gasteiger partial charge in [0.2, 0.25) is 0 Å². The molecule has 4 nitrogen and oxygen atoms in total. The standard InChI is InChI=1S/C15H22N2O2/c1-10-4-5-12(8-14(10)19-3)15(18)17-13-6-7-16-9-11(13)2/h4-5,8,11,13,16H,6-7,9H2,1-3H3,(H,17,18). The summed E-state index contributed by atoms with van der Waals surface area (Å²) >= 11 is 0. The van der Waals surface area contributed by atoms with Crippen molar-refractivity contribution in [1.29, 1.82) is 0 Å². The Morgan fingerprint density at radius 2 is 2.26 bits per heavy atom. The molecule has 1 saturated heterocycles. The van der Waals surface area contributed by atoms with Crippen LogP contribution in [0.4, 0.5) is 0 Å². The van der Waals surface area contributed by atoms with Crippen LogP contribution in [0.2, 0.25) is 0 Å². The van der Waals surface area contributed by atoms with E-state index in [0.717, 1.165) is 30.8 Å². The van der Waals surface area contributed by atoms with E-state index in [4.69, 9.17) is 4.74 Å². The Kier molecular flexibility index (Phi) is 4.43. The lowest BCUT2D eigenvalue weighted by atomic mass is 9.95. The fourth-order valence-corrected chi connectivity index (χ4v) is 2.44. The second-order valence-corrected chi connectivity index (χ2v) is 5.23. The number of piperidine rings is 1. The second kappa shape index (κ2) is 6.06. The Bertz CT molecular complexity index is 459. The molecule has 1 fully saturated rings. The van der Waals surface area contributed by atoms with Crippen LogP contribution in [0.1, 0.15) is 29.3 Å². The summed E-state index contributed by atoms with van der Waals surface area (Å²) in [6.45, 7) is 6.05. The van der Waals surface area contributed by atoms with Crippen molar-refractivity contribution in [3.63, 3.8) is 0 Å². The average Bonchev–Trinajstić information content (AvgIpc) is 2.42. The number of carbonyl (C=O) groups excluding carboxylic acids is 1. The third kappa shape index (κ3) is 3.26. The van der Waals surface area contributed by atoms with Gasteiger partial charge in [-0.25, -0.2) is 0 Å². The van der Waals surface area contributed by atoms with Crippen molar-refractivity contribution in [3.8, 4) is 5.75 Å². The van der Waals surface area contributed by atoms with Crippen molar-refractivity contribution < 1.29 is 9.53 Å². The molecule has 2 unspecified atom stereocenters. The number of rotatable bonds is 3. The molecule has 0 saturated carbocycles. The van der Waals surface area contributed by atoms with Gasteiger partial charge >= 0.3 is 0 Å². The summed E-state index contributed by atoms with van der Waals surface area (Å²) in [6, 6.07) is 5.82. The van der Waals surface area contributed by atoms with Crippen molar-refractivity contribution >= 4 is 5.91 Å². The van der Waals surface area contributed by atoms with Crippen molar-refractivity contribution in [2.24, 2.45) is 5.92 Å². The highest BCUT2D eigenvalue weighted by Crippen LogP contribution is 2.19. The Morgan fingerprint density at radius 3 is 2.95 bits per heavy atom. The second-order valence-electron chi connectivity index (χ2n) is 5.23. The number of hydrogen-bond donors (Lipinski definition) is 2. The molecule has 19 heavy (non-hydrogen) atoms. The zero-order chi connectivity index (χ0) is 13.8. The maximum Gasteiger partial charge on any atom is 0.251 e. The summed E-state index contributed by atoms with van der Waals surface area (Å²) in [5.74, 6) is 1.20. The van der Waals surface area contributed by atoms with Gasteiger partial charge < -0.3 is 15.4 Å². The van der Waals surface area contributed by atoms with E-state index in [9.17, 15) is 4.79 Å². The molecular weight excluding hydrogens is 240 g/mol. The predicted octanol–water partition coefficient (Wildman–Crippen LogP) is 1.73. The van der Waals surface area contributed by atoms with E-state index in [1.807, 2.05) is 19.1 Å². The first-order chi connectivity index (χ1) is 9.11. The normalized spacial score (nSPS) is 22.9. The maximum atomic E-state index is 12.3.